The Kier molecular flexibility index (Phi) is 6.99. The first kappa shape index (κ1) is 17.9. The van der Waals surface area contributed by atoms with Crippen LogP contribution in [-0.4, -0.2) is 57.4 Å². The van der Waals surface area contributed by atoms with Crippen molar-refractivity contribution >= 4 is 17.6 Å². The van der Waals surface area contributed by atoms with Crippen LogP contribution in [0, 0.1) is 5.92 Å². The number of hydrogen-bond acceptors (Lipinski definition) is 3. The second kappa shape index (κ2) is 8.99. The van der Waals surface area contributed by atoms with Crippen molar-refractivity contribution < 1.29 is 9.47 Å². The predicted octanol–water partition coefficient (Wildman–Crippen LogP) is 2.65. The Balaban J connectivity index is 1.76. The molecule has 0 aliphatic carbocycles. The van der Waals surface area contributed by atoms with Crippen molar-refractivity contribution in [2.45, 2.75) is 19.4 Å². The Morgan fingerprint density at radius 3 is 2.83 bits per heavy atom. The highest BCUT2D eigenvalue weighted by Crippen LogP contribution is 2.16. The van der Waals surface area contributed by atoms with E-state index in [9.17, 15) is 0 Å². The molecule has 2 unspecified atom stereocenters. The molecular formula is C17H26ClN3O2. The third-order valence-electron chi connectivity index (χ3n) is 3.83. The third kappa shape index (κ3) is 5.92. The number of rotatable bonds is 6. The molecule has 1 aromatic carbocycles. The quantitative estimate of drug-likeness (QED) is 0.639. The van der Waals surface area contributed by atoms with Gasteiger partial charge in [-0.3, -0.25) is 4.99 Å². The van der Waals surface area contributed by atoms with E-state index in [4.69, 9.17) is 21.1 Å². The van der Waals surface area contributed by atoms with Gasteiger partial charge in [-0.25, -0.2) is 0 Å². The van der Waals surface area contributed by atoms with Crippen LogP contribution in [0.4, 0.5) is 0 Å². The number of guanidine groups is 1. The van der Waals surface area contributed by atoms with E-state index in [1.54, 1.807) is 7.05 Å². The zero-order chi connectivity index (χ0) is 16.7. The van der Waals surface area contributed by atoms with Crippen LogP contribution < -0.4 is 10.1 Å². The molecule has 2 atom stereocenters. The molecule has 1 N–H and O–H groups in total. The van der Waals surface area contributed by atoms with Crippen LogP contribution in [0.5, 0.6) is 5.75 Å². The van der Waals surface area contributed by atoms with Crippen LogP contribution in [0.1, 0.15) is 13.3 Å². The molecule has 2 rings (SSSR count). The van der Waals surface area contributed by atoms with Gasteiger partial charge in [0.1, 0.15) is 11.9 Å². The van der Waals surface area contributed by atoms with Gasteiger partial charge in [0.2, 0.25) is 0 Å². The molecule has 1 aliphatic heterocycles. The van der Waals surface area contributed by atoms with Gasteiger partial charge in [-0.05, 0) is 37.6 Å². The molecule has 128 valence electrons. The van der Waals surface area contributed by atoms with Crippen LogP contribution >= 0.6 is 11.6 Å². The van der Waals surface area contributed by atoms with Gasteiger partial charge in [0.25, 0.3) is 0 Å². The highest BCUT2D eigenvalue weighted by molar-refractivity contribution is 6.30. The minimum Gasteiger partial charge on any atom is -0.489 e. The van der Waals surface area contributed by atoms with Gasteiger partial charge in [0.15, 0.2) is 5.96 Å². The molecule has 6 heteroatoms. The van der Waals surface area contributed by atoms with E-state index in [-0.39, 0.29) is 6.10 Å². The van der Waals surface area contributed by atoms with Crippen molar-refractivity contribution in [3.63, 3.8) is 0 Å². The van der Waals surface area contributed by atoms with Gasteiger partial charge < -0.3 is 19.7 Å². The lowest BCUT2D eigenvalue weighted by molar-refractivity contribution is 0.180. The summed E-state index contributed by atoms with van der Waals surface area (Å²) in [5, 5.41) is 4.07. The van der Waals surface area contributed by atoms with Crippen LogP contribution in [0.2, 0.25) is 5.02 Å². The molecule has 1 aliphatic rings. The lowest BCUT2D eigenvalue weighted by Gasteiger charge is -2.25. The maximum Gasteiger partial charge on any atom is 0.193 e. The summed E-state index contributed by atoms with van der Waals surface area (Å²) in [7, 11) is 3.85. The molecule has 0 bridgehead atoms. The number of nitrogens with one attached hydrogen (secondary N) is 1. The van der Waals surface area contributed by atoms with Crippen LogP contribution in [0.25, 0.3) is 0 Å². The third-order valence-corrected chi connectivity index (χ3v) is 4.08. The van der Waals surface area contributed by atoms with E-state index < -0.39 is 0 Å². The van der Waals surface area contributed by atoms with E-state index in [1.165, 1.54) is 0 Å². The largest absolute Gasteiger partial charge is 0.489 e. The molecule has 0 radical (unpaired) electrons. The lowest BCUT2D eigenvalue weighted by atomic mass is 10.1. The summed E-state index contributed by atoms with van der Waals surface area (Å²) in [6.07, 6.45) is 1.15. The molecule has 1 heterocycles. The first-order chi connectivity index (χ1) is 11.1. The molecule has 1 fully saturated rings. The van der Waals surface area contributed by atoms with Gasteiger partial charge in [-0.1, -0.05) is 11.6 Å². The van der Waals surface area contributed by atoms with E-state index in [1.807, 2.05) is 31.2 Å². The van der Waals surface area contributed by atoms with E-state index in [0.717, 1.165) is 37.9 Å². The summed E-state index contributed by atoms with van der Waals surface area (Å²) < 4.78 is 11.3. The Bertz CT molecular complexity index is 501. The number of ether oxygens (including phenoxy) is 2. The number of benzene rings is 1. The zero-order valence-electron chi connectivity index (χ0n) is 14.1. The summed E-state index contributed by atoms with van der Waals surface area (Å²) >= 11 is 5.88. The maximum atomic E-state index is 5.88. The standard InChI is InChI=1S/C17H26ClN3O2/c1-13(23-16-6-4-15(18)5-7-16)10-20-17(19-2)21(3)11-14-8-9-22-12-14/h4-7,13-14H,8-12H2,1-3H3,(H,19,20). The second-order valence-corrected chi connectivity index (χ2v) is 6.36. The summed E-state index contributed by atoms with van der Waals surface area (Å²) in [6, 6.07) is 7.40. The fourth-order valence-corrected chi connectivity index (χ4v) is 2.73. The van der Waals surface area contributed by atoms with E-state index in [2.05, 4.69) is 22.3 Å². The number of aliphatic imine (C=N–C) groups is 1. The minimum absolute atomic E-state index is 0.0242. The van der Waals surface area contributed by atoms with Crippen molar-refractivity contribution in [1.82, 2.24) is 10.2 Å². The molecule has 1 aromatic rings. The number of nitrogens with zero attached hydrogens (tertiary/aromatic N) is 2. The molecule has 1 saturated heterocycles. The van der Waals surface area contributed by atoms with Crippen molar-refractivity contribution in [2.24, 2.45) is 10.9 Å². The van der Waals surface area contributed by atoms with Crippen LogP contribution in [-0.2, 0) is 4.74 Å². The topological polar surface area (TPSA) is 46.1 Å². The lowest BCUT2D eigenvalue weighted by Crippen LogP contribution is -2.44. The summed E-state index contributed by atoms with van der Waals surface area (Å²) in [5.41, 5.74) is 0. The zero-order valence-corrected chi connectivity index (χ0v) is 14.8. The molecule has 0 saturated carbocycles. The summed E-state index contributed by atoms with van der Waals surface area (Å²) in [4.78, 5) is 6.49. The Morgan fingerprint density at radius 2 is 2.22 bits per heavy atom. The van der Waals surface area contributed by atoms with E-state index in [0.29, 0.717) is 17.5 Å². The van der Waals surface area contributed by atoms with Gasteiger partial charge in [0.05, 0.1) is 13.2 Å². The SMILES string of the molecule is CN=C(NCC(C)Oc1ccc(Cl)cc1)N(C)CC1CCOC1. The van der Waals surface area contributed by atoms with Gasteiger partial charge in [-0.15, -0.1) is 0 Å². The van der Waals surface area contributed by atoms with Crippen LogP contribution in [0.3, 0.4) is 0 Å². The molecule has 0 aromatic heterocycles. The van der Waals surface area contributed by atoms with Crippen molar-refractivity contribution in [1.29, 1.82) is 0 Å². The molecule has 0 spiro atoms. The molecule has 0 amide bonds. The molecule has 23 heavy (non-hydrogen) atoms. The molecule has 5 nitrogen and oxygen atoms in total. The molecular weight excluding hydrogens is 314 g/mol. The van der Waals surface area contributed by atoms with Crippen molar-refractivity contribution in [3.05, 3.63) is 29.3 Å². The fourth-order valence-electron chi connectivity index (χ4n) is 2.61. The predicted molar refractivity (Wildman–Crippen MR) is 94.5 cm³/mol. The average molecular weight is 340 g/mol. The van der Waals surface area contributed by atoms with Gasteiger partial charge in [-0.2, -0.15) is 0 Å². The number of halogens is 1. The monoisotopic (exact) mass is 339 g/mol. The first-order valence-electron chi connectivity index (χ1n) is 8.00. The average Bonchev–Trinajstić information content (AvgIpc) is 3.03. The first-order valence-corrected chi connectivity index (χ1v) is 8.38. The fraction of sp³-hybridized carbons (Fsp3) is 0.588. The van der Waals surface area contributed by atoms with E-state index >= 15 is 0 Å². The van der Waals surface area contributed by atoms with Gasteiger partial charge >= 0.3 is 0 Å². The van der Waals surface area contributed by atoms with Crippen LogP contribution in [0.15, 0.2) is 29.3 Å². The normalized spacial score (nSPS) is 19.5. The highest BCUT2D eigenvalue weighted by Gasteiger charge is 2.19. The highest BCUT2D eigenvalue weighted by atomic mass is 35.5. The second-order valence-electron chi connectivity index (χ2n) is 5.92. The summed E-state index contributed by atoms with van der Waals surface area (Å²) in [5.74, 6) is 2.28. The minimum atomic E-state index is 0.0242. The number of hydrogen-bond donors (Lipinski definition) is 1. The maximum absolute atomic E-state index is 5.88. The van der Waals surface area contributed by atoms with Gasteiger partial charge in [0, 0.05) is 38.2 Å². The van der Waals surface area contributed by atoms with Crippen molar-refractivity contribution in [2.75, 3.05) is 40.4 Å². The Morgan fingerprint density at radius 1 is 1.48 bits per heavy atom. The Hall–Kier alpha value is -1.46. The smallest absolute Gasteiger partial charge is 0.193 e. The van der Waals surface area contributed by atoms with Crippen molar-refractivity contribution in [3.8, 4) is 5.75 Å². The Labute approximate surface area is 143 Å². The summed E-state index contributed by atoms with van der Waals surface area (Å²) in [6.45, 7) is 5.38.